The van der Waals surface area contributed by atoms with Crippen LogP contribution in [0.15, 0.2) is 109 Å². The third-order valence-electron chi connectivity index (χ3n) is 8.10. The molecule has 2 heterocycles. The molecule has 0 saturated heterocycles. The van der Waals surface area contributed by atoms with Crippen LogP contribution in [0.5, 0.6) is 23.3 Å². The molecule has 2 aromatic heterocycles. The first-order chi connectivity index (χ1) is 21.4. The molecule has 6 heteroatoms. The molecule has 0 radical (unpaired) electrons. The first-order valence-corrected chi connectivity index (χ1v) is 14.6. The number of nitrogens with zero attached hydrogens (tertiary/aromatic N) is 4. The van der Waals surface area contributed by atoms with Crippen LogP contribution in [0, 0.1) is 27.7 Å². The highest BCUT2D eigenvalue weighted by Crippen LogP contribution is 2.37. The normalized spacial score (nSPS) is 11.2. The Morgan fingerprint density at radius 1 is 0.386 bits per heavy atom. The van der Waals surface area contributed by atoms with Crippen molar-refractivity contribution in [1.29, 1.82) is 0 Å². The molecule has 0 atom stereocenters. The van der Waals surface area contributed by atoms with E-state index in [1.165, 1.54) is 22.3 Å². The van der Waals surface area contributed by atoms with Crippen LogP contribution in [-0.4, -0.2) is 20.4 Å². The Hall–Kier alpha value is -5.62. The van der Waals surface area contributed by atoms with Crippen molar-refractivity contribution in [1.82, 2.24) is 20.4 Å². The van der Waals surface area contributed by atoms with Crippen LogP contribution in [0.4, 0.5) is 0 Å². The van der Waals surface area contributed by atoms with Gasteiger partial charge in [-0.15, -0.1) is 20.4 Å². The molecule has 0 fully saturated rings. The van der Waals surface area contributed by atoms with Gasteiger partial charge < -0.3 is 9.47 Å². The summed E-state index contributed by atoms with van der Waals surface area (Å²) in [6.07, 6.45) is 0. The summed E-state index contributed by atoms with van der Waals surface area (Å²) in [4.78, 5) is 0. The SMILES string of the molecule is Cc1ccc(-c2nnc(Oc3cccc(Oc4nnc(-c5ccc(C)c(C)c5)c5ccccc45)c3)c3ccccc23)cc1C. The lowest BCUT2D eigenvalue weighted by Gasteiger charge is -2.13. The molecule has 0 N–H and O–H groups in total. The third kappa shape index (κ3) is 5.11. The molecule has 7 rings (SSSR count). The third-order valence-corrected chi connectivity index (χ3v) is 8.10. The molecule has 0 aliphatic rings. The molecule has 5 aromatic carbocycles. The number of aryl methyl sites for hydroxylation is 4. The van der Waals surface area contributed by atoms with E-state index < -0.39 is 0 Å². The van der Waals surface area contributed by atoms with Crippen molar-refractivity contribution in [2.24, 2.45) is 0 Å². The zero-order valence-corrected chi connectivity index (χ0v) is 25.0. The second-order valence-corrected chi connectivity index (χ2v) is 11.1. The van der Waals surface area contributed by atoms with E-state index in [0.29, 0.717) is 23.3 Å². The van der Waals surface area contributed by atoms with Gasteiger partial charge in [0.1, 0.15) is 22.9 Å². The summed E-state index contributed by atoms with van der Waals surface area (Å²) < 4.78 is 12.6. The van der Waals surface area contributed by atoms with E-state index in [1.807, 2.05) is 72.8 Å². The Morgan fingerprint density at radius 2 is 0.818 bits per heavy atom. The number of ether oxygens (including phenoxy) is 2. The fraction of sp³-hybridized carbons (Fsp3) is 0.105. The molecule has 0 aliphatic carbocycles. The molecule has 0 spiro atoms. The molecular formula is C38H30N4O2. The van der Waals surface area contributed by atoms with E-state index in [2.05, 4.69) is 84.5 Å². The van der Waals surface area contributed by atoms with Crippen molar-refractivity contribution in [3.8, 4) is 45.8 Å². The van der Waals surface area contributed by atoms with Crippen LogP contribution in [0.1, 0.15) is 22.3 Å². The van der Waals surface area contributed by atoms with Gasteiger partial charge in [0.2, 0.25) is 11.8 Å². The quantitative estimate of drug-likeness (QED) is 0.197. The molecule has 6 nitrogen and oxygen atoms in total. The second kappa shape index (κ2) is 11.2. The van der Waals surface area contributed by atoms with Crippen LogP contribution >= 0.6 is 0 Å². The fourth-order valence-corrected chi connectivity index (χ4v) is 5.34. The average Bonchev–Trinajstić information content (AvgIpc) is 3.04. The van der Waals surface area contributed by atoms with Crippen molar-refractivity contribution in [2.45, 2.75) is 27.7 Å². The first kappa shape index (κ1) is 27.2. The lowest BCUT2D eigenvalue weighted by molar-refractivity contribution is 0.441. The summed E-state index contributed by atoms with van der Waals surface area (Å²) in [6.45, 7) is 8.42. The van der Waals surface area contributed by atoms with Crippen molar-refractivity contribution < 1.29 is 9.47 Å². The van der Waals surface area contributed by atoms with E-state index in [-0.39, 0.29) is 0 Å². The van der Waals surface area contributed by atoms with Crippen LogP contribution in [0.3, 0.4) is 0 Å². The maximum Gasteiger partial charge on any atom is 0.246 e. The number of aromatic nitrogens is 4. The Bertz CT molecular complexity index is 2040. The van der Waals surface area contributed by atoms with Gasteiger partial charge in [0.25, 0.3) is 0 Å². The minimum Gasteiger partial charge on any atom is -0.437 e. The van der Waals surface area contributed by atoms with Crippen molar-refractivity contribution >= 4 is 21.5 Å². The molecule has 0 bridgehead atoms. The van der Waals surface area contributed by atoms with E-state index in [9.17, 15) is 0 Å². The number of benzene rings is 5. The summed E-state index contributed by atoms with van der Waals surface area (Å²) >= 11 is 0. The largest absolute Gasteiger partial charge is 0.437 e. The molecule has 0 saturated carbocycles. The Morgan fingerprint density at radius 3 is 1.25 bits per heavy atom. The highest BCUT2D eigenvalue weighted by molar-refractivity contribution is 5.98. The number of hydrogen-bond donors (Lipinski definition) is 0. The molecule has 7 aromatic rings. The van der Waals surface area contributed by atoms with E-state index >= 15 is 0 Å². The summed E-state index contributed by atoms with van der Waals surface area (Å²) in [6, 6.07) is 36.2. The highest BCUT2D eigenvalue weighted by atomic mass is 16.5. The average molecular weight is 575 g/mol. The van der Waals surface area contributed by atoms with Crippen molar-refractivity contribution in [3.63, 3.8) is 0 Å². The molecule has 0 unspecified atom stereocenters. The maximum absolute atomic E-state index is 6.30. The Labute approximate surface area is 256 Å². The standard InChI is InChI=1S/C38H30N4O2/c1-23-16-18-27(20-25(23)3)35-31-12-5-7-14-33(31)37(41-39-35)43-29-10-9-11-30(22-29)44-38-34-15-8-6-13-32(34)36(40-42-38)28-19-17-24(2)26(4)21-28/h5-22H,1-4H3. The van der Waals surface area contributed by atoms with Gasteiger partial charge in [-0.2, -0.15) is 0 Å². The maximum atomic E-state index is 6.30. The van der Waals surface area contributed by atoms with Gasteiger partial charge >= 0.3 is 0 Å². The van der Waals surface area contributed by atoms with Gasteiger partial charge in [0, 0.05) is 38.7 Å². The summed E-state index contributed by atoms with van der Waals surface area (Å²) in [7, 11) is 0. The first-order valence-electron chi connectivity index (χ1n) is 14.6. The van der Waals surface area contributed by atoms with Crippen molar-refractivity contribution in [3.05, 3.63) is 131 Å². The van der Waals surface area contributed by atoms with Gasteiger partial charge in [-0.3, -0.25) is 0 Å². The van der Waals surface area contributed by atoms with Crippen LogP contribution in [0.25, 0.3) is 44.1 Å². The van der Waals surface area contributed by atoms with Crippen LogP contribution < -0.4 is 9.47 Å². The zero-order chi connectivity index (χ0) is 30.2. The number of fused-ring (bicyclic) bond motifs is 2. The Kier molecular flexibility index (Phi) is 6.95. The lowest BCUT2D eigenvalue weighted by atomic mass is 10.0. The smallest absolute Gasteiger partial charge is 0.246 e. The van der Waals surface area contributed by atoms with Gasteiger partial charge in [-0.25, -0.2) is 0 Å². The molecular weight excluding hydrogens is 544 g/mol. The minimum atomic E-state index is 0.424. The van der Waals surface area contributed by atoms with E-state index in [1.54, 1.807) is 0 Å². The summed E-state index contributed by atoms with van der Waals surface area (Å²) in [5.41, 5.74) is 8.59. The zero-order valence-electron chi connectivity index (χ0n) is 25.0. The molecule has 44 heavy (non-hydrogen) atoms. The van der Waals surface area contributed by atoms with Gasteiger partial charge in [0.15, 0.2) is 0 Å². The lowest BCUT2D eigenvalue weighted by Crippen LogP contribution is -1.98. The summed E-state index contributed by atoms with van der Waals surface area (Å²) in [5.74, 6) is 2.00. The minimum absolute atomic E-state index is 0.424. The molecule has 214 valence electrons. The number of hydrogen-bond acceptors (Lipinski definition) is 6. The van der Waals surface area contributed by atoms with Gasteiger partial charge in [-0.1, -0.05) is 66.7 Å². The Balaban J connectivity index is 1.20. The van der Waals surface area contributed by atoms with Gasteiger partial charge in [0.05, 0.1) is 0 Å². The van der Waals surface area contributed by atoms with E-state index in [0.717, 1.165) is 44.1 Å². The van der Waals surface area contributed by atoms with Crippen LogP contribution in [0.2, 0.25) is 0 Å². The number of rotatable bonds is 6. The topological polar surface area (TPSA) is 70.0 Å². The van der Waals surface area contributed by atoms with Crippen LogP contribution in [-0.2, 0) is 0 Å². The molecule has 0 aliphatic heterocycles. The van der Waals surface area contributed by atoms with E-state index in [4.69, 9.17) is 9.47 Å². The summed E-state index contributed by atoms with van der Waals surface area (Å²) in [5, 5.41) is 21.9. The second-order valence-electron chi connectivity index (χ2n) is 11.1. The van der Waals surface area contributed by atoms with Gasteiger partial charge in [-0.05, 0) is 86.3 Å². The predicted octanol–water partition coefficient (Wildman–Crippen LogP) is 9.73. The molecule has 0 amide bonds. The predicted molar refractivity (Wildman–Crippen MR) is 175 cm³/mol. The highest BCUT2D eigenvalue weighted by Gasteiger charge is 2.16. The van der Waals surface area contributed by atoms with Crippen molar-refractivity contribution in [2.75, 3.05) is 0 Å². The monoisotopic (exact) mass is 574 g/mol. The fourth-order valence-electron chi connectivity index (χ4n) is 5.34.